The topological polar surface area (TPSA) is 88.3 Å². The van der Waals surface area contributed by atoms with Gasteiger partial charge < -0.3 is 5.11 Å². The van der Waals surface area contributed by atoms with E-state index >= 15 is 0 Å². The number of pyridine rings is 1. The molecule has 208 valence electrons. The van der Waals surface area contributed by atoms with Gasteiger partial charge in [0.25, 0.3) is 0 Å². The average Bonchev–Trinajstić information content (AvgIpc) is 3.41. The molecule has 2 aliphatic carbocycles. The van der Waals surface area contributed by atoms with Crippen molar-refractivity contribution >= 4 is 16.1 Å². The zero-order valence-electron chi connectivity index (χ0n) is 21.1. The van der Waals surface area contributed by atoms with Gasteiger partial charge in [-0.2, -0.15) is 22.6 Å². The van der Waals surface area contributed by atoms with Crippen LogP contribution in [0, 0.1) is 17.2 Å². The highest BCUT2D eigenvalue weighted by Gasteiger charge is 2.48. The predicted molar refractivity (Wildman–Crippen MR) is 137 cm³/mol. The van der Waals surface area contributed by atoms with Crippen LogP contribution in [0.1, 0.15) is 42.7 Å². The van der Waals surface area contributed by atoms with Gasteiger partial charge in [0.15, 0.2) is 5.75 Å². The molecule has 0 radical (unpaired) electrons. The Bertz CT molecular complexity index is 1470. The maximum absolute atomic E-state index is 13.4. The lowest BCUT2D eigenvalue weighted by molar-refractivity contribution is -0.107. The van der Waals surface area contributed by atoms with Crippen LogP contribution >= 0.6 is 0 Å². The smallest absolute Gasteiger partial charge is 0.387 e. The van der Waals surface area contributed by atoms with E-state index in [1.54, 1.807) is 35.1 Å². The van der Waals surface area contributed by atoms with Crippen LogP contribution in [0.3, 0.4) is 0 Å². The number of benzene rings is 1. The van der Waals surface area contributed by atoms with Crippen molar-refractivity contribution in [3.8, 4) is 5.69 Å². The molecule has 0 saturated heterocycles. The van der Waals surface area contributed by atoms with E-state index in [-0.39, 0.29) is 18.3 Å². The summed E-state index contributed by atoms with van der Waals surface area (Å²) in [4.78, 5) is 3.91. The molecule has 7 nitrogen and oxygen atoms in total. The third kappa shape index (κ3) is 5.64. The Morgan fingerprint density at radius 2 is 1.95 bits per heavy atom. The molecule has 2 aromatic heterocycles. The first-order chi connectivity index (χ1) is 18.4. The van der Waals surface area contributed by atoms with Crippen molar-refractivity contribution < 1.29 is 31.1 Å². The second-order valence-electron chi connectivity index (χ2n) is 10.4. The minimum atomic E-state index is -4.92. The number of nitrogens with zero attached hydrogens (tertiary/aromatic N) is 4. The zero-order valence-corrected chi connectivity index (χ0v) is 22.0. The number of aliphatic hydroxyl groups excluding tert-OH is 1. The first-order valence-corrected chi connectivity index (χ1v) is 14.1. The van der Waals surface area contributed by atoms with Gasteiger partial charge in [-0.25, -0.2) is 17.5 Å². The van der Waals surface area contributed by atoms with E-state index in [1.165, 1.54) is 24.5 Å². The molecule has 12 heteroatoms. The second-order valence-corrected chi connectivity index (χ2v) is 12.4. The fourth-order valence-corrected chi connectivity index (χ4v) is 7.10. The maximum Gasteiger partial charge on any atom is 0.404 e. The molecule has 1 aromatic carbocycles. The molecule has 1 fully saturated rings. The van der Waals surface area contributed by atoms with Crippen LogP contribution in [-0.2, 0) is 16.4 Å². The average molecular weight is 565 g/mol. The normalized spacial score (nSPS) is 21.9. The van der Waals surface area contributed by atoms with E-state index in [1.807, 2.05) is 13.0 Å². The van der Waals surface area contributed by atoms with Gasteiger partial charge in [-0.3, -0.25) is 4.98 Å². The molecule has 2 aliphatic rings. The maximum atomic E-state index is 13.4. The Kier molecular flexibility index (Phi) is 7.15. The first kappa shape index (κ1) is 27.5. The van der Waals surface area contributed by atoms with Crippen LogP contribution in [0.25, 0.3) is 11.8 Å². The summed E-state index contributed by atoms with van der Waals surface area (Å²) < 4.78 is 81.6. The van der Waals surface area contributed by atoms with Crippen LogP contribution in [-0.4, -0.2) is 57.6 Å². The van der Waals surface area contributed by atoms with Crippen molar-refractivity contribution in [1.29, 1.82) is 0 Å². The highest BCUT2D eigenvalue weighted by atomic mass is 32.2. The van der Waals surface area contributed by atoms with Crippen molar-refractivity contribution in [3.05, 3.63) is 83.2 Å². The SMILES string of the molecule is C[C@]12Cc3cnn(-c4ccc(F)cc4)c3C=C1CC[C@@H]2CN(CC(O)c1cccnc1)S(=O)(=O)CC(F)(F)F. The number of hydrogen-bond donors (Lipinski definition) is 1. The third-order valence-electron chi connectivity index (χ3n) is 7.83. The number of rotatable bonds is 8. The van der Waals surface area contributed by atoms with Gasteiger partial charge in [-0.15, -0.1) is 0 Å². The Balaban J connectivity index is 1.42. The Morgan fingerprint density at radius 3 is 2.62 bits per heavy atom. The molecular weight excluding hydrogens is 536 g/mol. The summed E-state index contributed by atoms with van der Waals surface area (Å²) in [6.07, 6.45) is 2.07. The minimum Gasteiger partial charge on any atom is -0.387 e. The van der Waals surface area contributed by atoms with Crippen LogP contribution < -0.4 is 0 Å². The molecular formula is C27H28F4N4O3S. The standard InChI is InChI=1S/C27H28F4N4O3S/c1-26-12-19-14-33-35(23-8-6-22(28)7-9-23)24(19)11-20(26)4-5-21(26)15-34(39(37,38)17-27(29,30)31)16-25(36)18-3-2-10-32-13-18/h2-3,6-11,13-14,21,25,36H,4-5,12,15-17H2,1H3/t21-,25?,26+/m1/s1. The summed E-state index contributed by atoms with van der Waals surface area (Å²) in [6.45, 7) is 1.33. The molecule has 1 saturated carbocycles. The summed E-state index contributed by atoms with van der Waals surface area (Å²) >= 11 is 0. The number of aliphatic hydroxyl groups is 1. The molecule has 39 heavy (non-hydrogen) atoms. The van der Waals surface area contributed by atoms with E-state index in [9.17, 15) is 31.1 Å². The van der Waals surface area contributed by atoms with Crippen LogP contribution in [0.2, 0.25) is 0 Å². The fraction of sp³-hybridized carbons (Fsp3) is 0.407. The summed E-state index contributed by atoms with van der Waals surface area (Å²) in [5.41, 5.74) is 3.33. The van der Waals surface area contributed by atoms with E-state index < -0.39 is 40.0 Å². The predicted octanol–water partition coefficient (Wildman–Crippen LogP) is 4.69. The summed E-state index contributed by atoms with van der Waals surface area (Å²) in [6, 6.07) is 9.07. The summed E-state index contributed by atoms with van der Waals surface area (Å²) in [7, 11) is -4.77. The van der Waals surface area contributed by atoms with E-state index in [4.69, 9.17) is 0 Å². The molecule has 1 unspecified atom stereocenters. The monoisotopic (exact) mass is 564 g/mol. The highest BCUT2D eigenvalue weighted by Crippen LogP contribution is 2.53. The molecule has 0 spiro atoms. The van der Waals surface area contributed by atoms with Gasteiger partial charge in [-0.05, 0) is 72.6 Å². The van der Waals surface area contributed by atoms with Gasteiger partial charge in [0, 0.05) is 31.0 Å². The molecule has 0 amide bonds. The first-order valence-electron chi connectivity index (χ1n) is 12.5. The van der Waals surface area contributed by atoms with Crippen LogP contribution in [0.5, 0.6) is 0 Å². The molecule has 3 aromatic rings. The number of fused-ring (bicyclic) bond motifs is 2. The van der Waals surface area contributed by atoms with Crippen LogP contribution in [0.15, 0.2) is 60.6 Å². The van der Waals surface area contributed by atoms with Crippen molar-refractivity contribution in [2.45, 2.75) is 38.5 Å². The zero-order chi connectivity index (χ0) is 28.0. The molecule has 2 heterocycles. The largest absolute Gasteiger partial charge is 0.404 e. The number of aromatic nitrogens is 3. The van der Waals surface area contributed by atoms with E-state index in [0.717, 1.165) is 21.1 Å². The van der Waals surface area contributed by atoms with Crippen molar-refractivity contribution in [1.82, 2.24) is 19.1 Å². The van der Waals surface area contributed by atoms with Gasteiger partial charge in [0.1, 0.15) is 5.82 Å². The quantitative estimate of drug-likeness (QED) is 0.401. The van der Waals surface area contributed by atoms with Gasteiger partial charge in [-0.1, -0.05) is 18.6 Å². The van der Waals surface area contributed by atoms with Gasteiger partial charge in [0.2, 0.25) is 10.0 Å². The van der Waals surface area contributed by atoms with Crippen molar-refractivity contribution in [3.63, 3.8) is 0 Å². The van der Waals surface area contributed by atoms with E-state index in [2.05, 4.69) is 10.1 Å². The van der Waals surface area contributed by atoms with Crippen LogP contribution in [0.4, 0.5) is 17.6 Å². The highest BCUT2D eigenvalue weighted by molar-refractivity contribution is 7.89. The molecule has 0 bridgehead atoms. The molecule has 3 atom stereocenters. The van der Waals surface area contributed by atoms with Gasteiger partial charge in [0.05, 0.1) is 23.7 Å². The number of alkyl halides is 3. The van der Waals surface area contributed by atoms with E-state index in [0.29, 0.717) is 30.5 Å². The summed E-state index contributed by atoms with van der Waals surface area (Å²) in [5, 5.41) is 15.2. The molecule has 1 N–H and O–H groups in total. The van der Waals surface area contributed by atoms with Gasteiger partial charge >= 0.3 is 6.18 Å². The number of sulfonamides is 1. The number of allylic oxidation sites excluding steroid dienone is 1. The lowest BCUT2D eigenvalue weighted by Gasteiger charge is -2.38. The lowest BCUT2D eigenvalue weighted by Crippen LogP contribution is -2.45. The third-order valence-corrected chi connectivity index (χ3v) is 9.61. The Labute approximate surface area is 223 Å². The number of halogens is 4. The second kappa shape index (κ2) is 10.1. The molecule has 0 aliphatic heterocycles. The Morgan fingerprint density at radius 1 is 1.21 bits per heavy atom. The van der Waals surface area contributed by atoms with Crippen molar-refractivity contribution in [2.75, 3.05) is 18.8 Å². The van der Waals surface area contributed by atoms with Crippen molar-refractivity contribution in [2.24, 2.45) is 11.3 Å². The number of hydrogen-bond acceptors (Lipinski definition) is 5. The minimum absolute atomic E-state index is 0.162. The fourth-order valence-electron chi connectivity index (χ4n) is 5.73. The summed E-state index contributed by atoms with van der Waals surface area (Å²) in [5.74, 6) is -2.64. The lowest BCUT2D eigenvalue weighted by atomic mass is 9.70. The Hall–Kier alpha value is -3.09. The molecule has 5 rings (SSSR count).